The molecule has 3 aromatic rings. The molecule has 4 heterocycles. The molecular formula is C26H33FN5O10P. The Balaban J connectivity index is 1.39. The van der Waals surface area contributed by atoms with Crippen LogP contribution in [0.5, 0.6) is 23.1 Å². The van der Waals surface area contributed by atoms with Gasteiger partial charge in [-0.05, 0) is 46.8 Å². The first-order valence-electron chi connectivity index (χ1n) is 13.4. The van der Waals surface area contributed by atoms with Crippen LogP contribution in [0.15, 0.2) is 24.5 Å². The van der Waals surface area contributed by atoms with Gasteiger partial charge < -0.3 is 33.3 Å². The van der Waals surface area contributed by atoms with Crippen molar-refractivity contribution in [3.63, 3.8) is 0 Å². The number of imidazole rings is 1. The topological polar surface area (TPSA) is 175 Å². The Bertz CT molecular complexity index is 1550. The Hall–Kier alpha value is -3.56. The third kappa shape index (κ3) is 6.10. The van der Waals surface area contributed by atoms with E-state index in [-0.39, 0.29) is 35.3 Å². The lowest BCUT2D eigenvalue weighted by molar-refractivity contribution is -0.149. The van der Waals surface area contributed by atoms with E-state index in [0.29, 0.717) is 11.6 Å². The third-order valence-electron chi connectivity index (χ3n) is 6.71. The molecule has 1 aromatic carbocycles. The summed E-state index contributed by atoms with van der Waals surface area (Å²) in [6.07, 6.45) is -3.61. The number of aliphatic hydroxyl groups is 1. The van der Waals surface area contributed by atoms with Crippen molar-refractivity contribution in [2.45, 2.75) is 70.9 Å². The van der Waals surface area contributed by atoms with Gasteiger partial charge in [0.15, 0.2) is 34.6 Å². The molecule has 234 valence electrons. The average molecular weight is 626 g/mol. The number of hydrogen-bond donors (Lipinski definition) is 2. The van der Waals surface area contributed by atoms with Crippen LogP contribution in [0, 0.1) is 6.92 Å². The summed E-state index contributed by atoms with van der Waals surface area (Å²) < 4.78 is 70.0. The first-order valence-corrected chi connectivity index (χ1v) is 15.0. The summed E-state index contributed by atoms with van der Waals surface area (Å²) in [4.78, 5) is 25.3. The number of alkyl halides is 1. The van der Waals surface area contributed by atoms with Crippen molar-refractivity contribution < 1.29 is 51.6 Å². The smallest absolute Gasteiger partial charge is 0.459 e. The number of ether oxygens (including phenoxy) is 5. The molecule has 0 saturated carbocycles. The minimum atomic E-state index is -4.44. The van der Waals surface area contributed by atoms with Gasteiger partial charge in [-0.25, -0.2) is 18.9 Å². The highest BCUT2D eigenvalue weighted by molar-refractivity contribution is 7.52. The normalized spacial score (nSPS) is 25.1. The van der Waals surface area contributed by atoms with Crippen molar-refractivity contribution in [3.05, 3.63) is 30.4 Å². The molecule has 6 atom stereocenters. The molecule has 17 heteroatoms. The Morgan fingerprint density at radius 2 is 2.07 bits per heavy atom. The van der Waals surface area contributed by atoms with Gasteiger partial charge in [0.25, 0.3) is 0 Å². The molecule has 0 amide bonds. The zero-order chi connectivity index (χ0) is 31.1. The van der Waals surface area contributed by atoms with Crippen LogP contribution in [0.1, 0.15) is 39.7 Å². The highest BCUT2D eigenvalue weighted by atomic mass is 31.2. The fraction of sp³-hybridized carbons (Fsp3) is 0.538. The summed E-state index contributed by atoms with van der Waals surface area (Å²) in [6.45, 7) is 6.85. The molecule has 5 rings (SSSR count). The number of methoxy groups -OCH3 is 1. The Labute approximate surface area is 246 Å². The predicted molar refractivity (Wildman–Crippen MR) is 147 cm³/mol. The minimum absolute atomic E-state index is 0.00485. The number of aryl methyl sites for hydroxylation is 1. The van der Waals surface area contributed by atoms with E-state index >= 15 is 4.39 Å². The SMILES string of the molecule is COc1nc(C)nc2c1ncn2[C@@H]1O[C@H](CO[P@](=O)(N[C@@H](C)C(=O)OC(C)C)Oc2cccc3c2OCO3)[C@@H](O)[C@@]1(C)F. The van der Waals surface area contributed by atoms with Crippen molar-refractivity contribution in [2.75, 3.05) is 20.5 Å². The second kappa shape index (κ2) is 11.8. The predicted octanol–water partition coefficient (Wildman–Crippen LogP) is 2.99. The maximum absolute atomic E-state index is 16.1. The fourth-order valence-electron chi connectivity index (χ4n) is 4.65. The maximum Gasteiger partial charge on any atom is 0.459 e. The Morgan fingerprint density at radius 3 is 2.79 bits per heavy atom. The average Bonchev–Trinajstić information content (AvgIpc) is 3.64. The zero-order valence-corrected chi connectivity index (χ0v) is 25.2. The summed E-state index contributed by atoms with van der Waals surface area (Å²) in [5.41, 5.74) is -1.88. The summed E-state index contributed by atoms with van der Waals surface area (Å²) in [5.74, 6) is 0.361. The molecule has 0 aliphatic carbocycles. The van der Waals surface area contributed by atoms with Crippen molar-refractivity contribution in [1.82, 2.24) is 24.6 Å². The number of hydrogen-bond acceptors (Lipinski definition) is 13. The molecule has 2 N–H and O–H groups in total. The lowest BCUT2D eigenvalue weighted by Gasteiger charge is -2.25. The molecule has 15 nitrogen and oxygen atoms in total. The van der Waals surface area contributed by atoms with Crippen LogP contribution in [0.4, 0.5) is 4.39 Å². The van der Waals surface area contributed by atoms with E-state index in [1.807, 2.05) is 0 Å². The molecule has 1 saturated heterocycles. The third-order valence-corrected chi connectivity index (χ3v) is 8.34. The van der Waals surface area contributed by atoms with E-state index in [2.05, 4.69) is 20.0 Å². The van der Waals surface area contributed by atoms with Crippen molar-refractivity contribution in [3.8, 4) is 23.1 Å². The van der Waals surface area contributed by atoms with Crippen LogP contribution in [0.2, 0.25) is 0 Å². The molecule has 2 aliphatic heterocycles. The Morgan fingerprint density at radius 1 is 1.30 bits per heavy atom. The minimum Gasteiger partial charge on any atom is -0.479 e. The van der Waals surface area contributed by atoms with Crippen LogP contribution in [-0.2, 0) is 23.4 Å². The second-order valence-electron chi connectivity index (χ2n) is 10.4. The van der Waals surface area contributed by atoms with Crippen molar-refractivity contribution in [1.29, 1.82) is 0 Å². The number of carbonyl (C=O) groups excluding carboxylic acids is 1. The number of para-hydroxylation sites is 1. The van der Waals surface area contributed by atoms with Crippen LogP contribution >= 0.6 is 7.75 Å². The van der Waals surface area contributed by atoms with Gasteiger partial charge in [-0.3, -0.25) is 13.9 Å². The molecule has 2 aromatic heterocycles. The number of halogens is 1. The maximum atomic E-state index is 16.1. The summed E-state index contributed by atoms with van der Waals surface area (Å²) in [5, 5.41) is 13.5. The summed E-state index contributed by atoms with van der Waals surface area (Å²) in [7, 11) is -3.02. The summed E-state index contributed by atoms with van der Waals surface area (Å²) >= 11 is 0. The molecule has 2 aliphatic rings. The lowest BCUT2D eigenvalue weighted by atomic mass is 9.98. The fourth-order valence-corrected chi connectivity index (χ4v) is 6.16. The molecule has 0 spiro atoms. The molecule has 0 bridgehead atoms. The second-order valence-corrected chi connectivity index (χ2v) is 12.1. The van der Waals surface area contributed by atoms with Gasteiger partial charge in [-0.15, -0.1) is 0 Å². The van der Waals surface area contributed by atoms with Crippen LogP contribution in [0.3, 0.4) is 0 Å². The van der Waals surface area contributed by atoms with Gasteiger partial charge in [-0.1, -0.05) is 6.07 Å². The first kappa shape index (κ1) is 30.9. The van der Waals surface area contributed by atoms with Crippen LogP contribution in [-0.4, -0.2) is 81.1 Å². The highest BCUT2D eigenvalue weighted by Gasteiger charge is 2.56. The van der Waals surface area contributed by atoms with Gasteiger partial charge in [0.1, 0.15) is 24.1 Å². The van der Waals surface area contributed by atoms with Gasteiger partial charge in [0.05, 0.1) is 26.1 Å². The highest BCUT2D eigenvalue weighted by Crippen LogP contribution is 2.52. The van der Waals surface area contributed by atoms with Crippen LogP contribution < -0.4 is 23.8 Å². The van der Waals surface area contributed by atoms with Gasteiger partial charge in [0, 0.05) is 0 Å². The summed E-state index contributed by atoms with van der Waals surface area (Å²) in [6, 6.07) is 3.54. The number of aromatic nitrogens is 4. The standard InChI is InChI=1S/C26H33FN5O10P/c1-13(2)40-24(34)14(3)31-43(35,42-17-9-7-8-16-20(17)38-12-37-16)39-10-18-21(33)26(5,27)25(41-18)32-11-28-19-22(32)29-15(4)30-23(19)36-6/h7-9,11,13-14,18,21,25,33H,10,12H2,1-6H3,(H,31,35)/t14-,18+,21+,25+,26+,43+/m0/s1. The number of aliphatic hydroxyl groups excluding tert-OH is 1. The molecule has 0 unspecified atom stereocenters. The molecule has 0 radical (unpaired) electrons. The largest absolute Gasteiger partial charge is 0.479 e. The Kier molecular flexibility index (Phi) is 8.51. The number of rotatable bonds is 11. The molecular weight excluding hydrogens is 592 g/mol. The number of esters is 1. The molecule has 43 heavy (non-hydrogen) atoms. The number of nitrogens with zero attached hydrogens (tertiary/aromatic N) is 4. The van der Waals surface area contributed by atoms with E-state index in [4.69, 9.17) is 32.7 Å². The number of carbonyl (C=O) groups is 1. The number of fused-ring (bicyclic) bond motifs is 2. The van der Waals surface area contributed by atoms with E-state index in [0.717, 1.165) is 6.92 Å². The van der Waals surface area contributed by atoms with Crippen molar-refractivity contribution >= 4 is 24.9 Å². The first-order chi connectivity index (χ1) is 20.3. The van der Waals surface area contributed by atoms with Gasteiger partial charge in [-0.2, -0.15) is 10.1 Å². The van der Waals surface area contributed by atoms with E-state index in [9.17, 15) is 14.5 Å². The van der Waals surface area contributed by atoms with E-state index in [1.54, 1.807) is 32.9 Å². The lowest BCUT2D eigenvalue weighted by Crippen LogP contribution is -2.41. The van der Waals surface area contributed by atoms with Crippen LogP contribution in [0.25, 0.3) is 11.2 Å². The number of benzene rings is 1. The molecule has 1 fully saturated rings. The van der Waals surface area contributed by atoms with E-state index in [1.165, 1.54) is 31.0 Å². The van der Waals surface area contributed by atoms with Gasteiger partial charge >= 0.3 is 13.7 Å². The van der Waals surface area contributed by atoms with E-state index < -0.39 is 56.6 Å². The number of nitrogens with one attached hydrogen (secondary N) is 1. The van der Waals surface area contributed by atoms with Crippen molar-refractivity contribution in [2.24, 2.45) is 0 Å². The quantitative estimate of drug-likeness (QED) is 0.235. The zero-order valence-electron chi connectivity index (χ0n) is 24.3. The van der Waals surface area contributed by atoms with Gasteiger partial charge in [0.2, 0.25) is 18.4 Å². The monoisotopic (exact) mass is 625 g/mol.